The molecule has 7 nitrogen and oxygen atoms in total. The molecular formula is C19H25IN4O3. The lowest BCUT2D eigenvalue weighted by molar-refractivity contribution is -0.384. The molecule has 0 aliphatic carbocycles. The molecule has 2 aromatic carbocycles. The van der Waals surface area contributed by atoms with Gasteiger partial charge in [0.15, 0.2) is 5.96 Å². The normalized spacial score (nSPS) is 10.8. The third-order valence-electron chi connectivity index (χ3n) is 3.87. The van der Waals surface area contributed by atoms with Crippen LogP contribution in [-0.4, -0.2) is 31.1 Å². The van der Waals surface area contributed by atoms with E-state index in [1.54, 1.807) is 19.2 Å². The van der Waals surface area contributed by atoms with E-state index in [4.69, 9.17) is 4.74 Å². The van der Waals surface area contributed by atoms with Gasteiger partial charge in [-0.25, -0.2) is 4.99 Å². The van der Waals surface area contributed by atoms with Crippen molar-refractivity contribution in [1.82, 2.24) is 10.6 Å². The van der Waals surface area contributed by atoms with Gasteiger partial charge in [0.2, 0.25) is 0 Å². The predicted octanol–water partition coefficient (Wildman–Crippen LogP) is 3.40. The molecule has 0 bridgehead atoms. The van der Waals surface area contributed by atoms with Crippen LogP contribution in [0.3, 0.4) is 0 Å². The van der Waals surface area contributed by atoms with Gasteiger partial charge in [0.05, 0.1) is 18.1 Å². The zero-order chi connectivity index (χ0) is 18.8. The number of nitrogens with zero attached hydrogens (tertiary/aromatic N) is 2. The molecule has 2 rings (SSSR count). The molecule has 0 saturated heterocycles. The largest absolute Gasteiger partial charge is 0.383 e. The quantitative estimate of drug-likeness (QED) is 0.150. The van der Waals surface area contributed by atoms with Crippen molar-refractivity contribution in [3.8, 4) is 0 Å². The van der Waals surface area contributed by atoms with Gasteiger partial charge in [-0.2, -0.15) is 0 Å². The van der Waals surface area contributed by atoms with Crippen LogP contribution in [0.4, 0.5) is 5.69 Å². The van der Waals surface area contributed by atoms with E-state index in [0.29, 0.717) is 32.2 Å². The van der Waals surface area contributed by atoms with Gasteiger partial charge < -0.3 is 15.4 Å². The summed E-state index contributed by atoms with van der Waals surface area (Å²) in [5, 5.41) is 17.2. The van der Waals surface area contributed by atoms with E-state index in [1.807, 2.05) is 12.1 Å². The first-order valence-corrected chi connectivity index (χ1v) is 8.39. The summed E-state index contributed by atoms with van der Waals surface area (Å²) in [6, 6.07) is 14.6. The van der Waals surface area contributed by atoms with Gasteiger partial charge in [0.25, 0.3) is 5.69 Å². The van der Waals surface area contributed by atoms with Gasteiger partial charge in [0.1, 0.15) is 0 Å². The van der Waals surface area contributed by atoms with Crippen molar-refractivity contribution >= 4 is 35.6 Å². The number of guanidine groups is 1. The van der Waals surface area contributed by atoms with Crippen LogP contribution < -0.4 is 10.6 Å². The highest BCUT2D eigenvalue weighted by Gasteiger charge is 2.05. The smallest absolute Gasteiger partial charge is 0.269 e. The fraction of sp³-hybridized carbons (Fsp3) is 0.316. The van der Waals surface area contributed by atoms with Crippen LogP contribution in [0.2, 0.25) is 0 Å². The third kappa shape index (κ3) is 7.92. The Morgan fingerprint density at radius 1 is 1.15 bits per heavy atom. The first kappa shape index (κ1) is 22.8. The Bertz CT molecular complexity index is 751. The van der Waals surface area contributed by atoms with Gasteiger partial charge >= 0.3 is 0 Å². The maximum absolute atomic E-state index is 10.7. The summed E-state index contributed by atoms with van der Waals surface area (Å²) in [6.07, 6.45) is 0. The van der Waals surface area contributed by atoms with Gasteiger partial charge in [-0.05, 0) is 23.6 Å². The molecule has 0 radical (unpaired) electrons. The van der Waals surface area contributed by atoms with Crippen LogP contribution in [0.25, 0.3) is 0 Å². The second-order valence-electron chi connectivity index (χ2n) is 5.79. The van der Waals surface area contributed by atoms with E-state index in [1.165, 1.54) is 23.3 Å². The second kappa shape index (κ2) is 12.2. The molecule has 0 aliphatic rings. The lowest BCUT2D eigenvalue weighted by atomic mass is 10.1. The third-order valence-corrected chi connectivity index (χ3v) is 3.87. The molecule has 0 atom stereocenters. The highest BCUT2D eigenvalue weighted by molar-refractivity contribution is 14.0. The van der Waals surface area contributed by atoms with Crippen molar-refractivity contribution in [3.05, 3.63) is 75.3 Å². The number of halogens is 1. The fourth-order valence-electron chi connectivity index (χ4n) is 2.33. The summed E-state index contributed by atoms with van der Waals surface area (Å²) in [5.74, 6) is 0.670. The molecular weight excluding hydrogens is 459 g/mol. The molecule has 146 valence electrons. The molecule has 2 aromatic rings. The average molecular weight is 484 g/mol. The van der Waals surface area contributed by atoms with Gasteiger partial charge in [-0.1, -0.05) is 36.4 Å². The van der Waals surface area contributed by atoms with E-state index >= 15 is 0 Å². The first-order chi connectivity index (χ1) is 12.6. The summed E-state index contributed by atoms with van der Waals surface area (Å²) in [6.45, 7) is 4.36. The molecule has 0 unspecified atom stereocenters. The average Bonchev–Trinajstić information content (AvgIpc) is 2.65. The minimum Gasteiger partial charge on any atom is -0.383 e. The number of nitrogens with one attached hydrogen (secondary N) is 2. The zero-order valence-electron chi connectivity index (χ0n) is 15.5. The summed E-state index contributed by atoms with van der Waals surface area (Å²) in [4.78, 5) is 14.9. The van der Waals surface area contributed by atoms with Crippen LogP contribution in [-0.2, 0) is 17.8 Å². The number of ether oxygens (including phenoxy) is 1. The number of nitro groups is 1. The Labute approximate surface area is 176 Å². The van der Waals surface area contributed by atoms with Gasteiger partial charge in [-0.3, -0.25) is 10.1 Å². The molecule has 27 heavy (non-hydrogen) atoms. The number of rotatable bonds is 8. The lowest BCUT2D eigenvalue weighted by Crippen LogP contribution is -2.38. The van der Waals surface area contributed by atoms with Crippen LogP contribution in [0, 0.1) is 17.0 Å². The highest BCUT2D eigenvalue weighted by Crippen LogP contribution is 2.12. The zero-order valence-corrected chi connectivity index (χ0v) is 17.8. The summed E-state index contributed by atoms with van der Waals surface area (Å²) in [7, 11) is 1.65. The van der Waals surface area contributed by atoms with Crippen molar-refractivity contribution in [3.63, 3.8) is 0 Å². The van der Waals surface area contributed by atoms with Gasteiger partial charge in [0, 0.05) is 32.3 Å². The van der Waals surface area contributed by atoms with Crippen LogP contribution in [0.15, 0.2) is 53.5 Å². The molecule has 0 aromatic heterocycles. The van der Waals surface area contributed by atoms with Crippen molar-refractivity contribution in [2.75, 3.05) is 20.3 Å². The van der Waals surface area contributed by atoms with Crippen molar-refractivity contribution in [2.45, 2.75) is 20.0 Å². The Balaban J connectivity index is 0.00000364. The number of nitro benzene ring substituents is 1. The van der Waals surface area contributed by atoms with E-state index in [0.717, 1.165) is 5.56 Å². The summed E-state index contributed by atoms with van der Waals surface area (Å²) >= 11 is 0. The Morgan fingerprint density at radius 2 is 1.85 bits per heavy atom. The number of hydrogen-bond donors (Lipinski definition) is 2. The minimum absolute atomic E-state index is 0. The number of hydrogen-bond acceptors (Lipinski definition) is 4. The van der Waals surface area contributed by atoms with Crippen LogP contribution >= 0.6 is 24.0 Å². The van der Waals surface area contributed by atoms with Crippen LogP contribution in [0.5, 0.6) is 0 Å². The highest BCUT2D eigenvalue weighted by atomic mass is 127. The molecule has 2 N–H and O–H groups in total. The fourth-order valence-corrected chi connectivity index (χ4v) is 2.33. The monoisotopic (exact) mass is 484 g/mol. The van der Waals surface area contributed by atoms with Gasteiger partial charge in [-0.15, -0.1) is 24.0 Å². The molecule has 8 heteroatoms. The van der Waals surface area contributed by atoms with E-state index in [9.17, 15) is 10.1 Å². The van der Waals surface area contributed by atoms with Crippen LogP contribution in [0.1, 0.15) is 16.7 Å². The SMILES string of the molecule is COCCNC(=NCc1ccc([N+](=O)[O-])cc1)NCc1ccccc1C.I. The predicted molar refractivity (Wildman–Crippen MR) is 118 cm³/mol. The molecule has 0 fully saturated rings. The minimum atomic E-state index is -0.408. The maximum Gasteiger partial charge on any atom is 0.269 e. The Hall–Kier alpha value is -2.20. The number of methoxy groups -OCH3 is 1. The Kier molecular flexibility index (Phi) is 10.3. The molecule has 0 aliphatic heterocycles. The van der Waals surface area contributed by atoms with E-state index < -0.39 is 4.92 Å². The molecule has 0 heterocycles. The Morgan fingerprint density at radius 3 is 2.48 bits per heavy atom. The maximum atomic E-state index is 10.7. The number of non-ortho nitro benzene ring substituents is 1. The first-order valence-electron chi connectivity index (χ1n) is 8.39. The molecule has 0 saturated carbocycles. The molecule has 0 spiro atoms. The number of benzene rings is 2. The van der Waals surface area contributed by atoms with E-state index in [-0.39, 0.29) is 29.7 Å². The van der Waals surface area contributed by atoms with Crippen molar-refractivity contribution in [2.24, 2.45) is 4.99 Å². The van der Waals surface area contributed by atoms with Crippen molar-refractivity contribution in [1.29, 1.82) is 0 Å². The molecule has 0 amide bonds. The standard InChI is InChI=1S/C19H24N4O3.HI/c1-15-5-3-4-6-17(15)14-22-19(20-11-12-26-2)21-13-16-7-9-18(10-8-16)23(24)25;/h3-10H,11-14H2,1-2H3,(H2,20,21,22);1H. The second-order valence-corrected chi connectivity index (χ2v) is 5.79. The summed E-state index contributed by atoms with van der Waals surface area (Å²) in [5.41, 5.74) is 3.39. The van der Waals surface area contributed by atoms with E-state index in [2.05, 4.69) is 34.7 Å². The number of aryl methyl sites for hydroxylation is 1. The summed E-state index contributed by atoms with van der Waals surface area (Å²) < 4.78 is 5.06. The lowest BCUT2D eigenvalue weighted by Gasteiger charge is -2.13. The topological polar surface area (TPSA) is 88.8 Å². The number of aliphatic imine (C=N–C) groups is 1. The van der Waals surface area contributed by atoms with Crippen molar-refractivity contribution < 1.29 is 9.66 Å².